The van der Waals surface area contributed by atoms with E-state index in [2.05, 4.69) is 32.1 Å². The summed E-state index contributed by atoms with van der Waals surface area (Å²) in [6.07, 6.45) is 0. The standard InChI is InChI=1S/C16H10BrN3O2/c17-13-6-3-5-11(8-13)16-19-15(22-20-16)10-21-14-7-2-1-4-12(14)9-18/h1-8H,10H2. The molecule has 22 heavy (non-hydrogen) atoms. The molecule has 0 spiro atoms. The number of benzene rings is 2. The van der Waals surface area contributed by atoms with Crippen molar-refractivity contribution in [3.8, 4) is 23.2 Å². The Morgan fingerprint density at radius 3 is 2.86 bits per heavy atom. The first-order valence-corrected chi connectivity index (χ1v) is 7.26. The average Bonchev–Trinajstić information content (AvgIpc) is 3.02. The molecule has 5 nitrogen and oxygen atoms in total. The molecule has 3 rings (SSSR count). The van der Waals surface area contributed by atoms with E-state index in [-0.39, 0.29) is 6.61 Å². The van der Waals surface area contributed by atoms with Crippen molar-refractivity contribution >= 4 is 15.9 Å². The highest BCUT2D eigenvalue weighted by Gasteiger charge is 2.10. The normalized spacial score (nSPS) is 10.2. The van der Waals surface area contributed by atoms with Gasteiger partial charge in [-0.2, -0.15) is 10.2 Å². The van der Waals surface area contributed by atoms with Crippen molar-refractivity contribution in [3.05, 3.63) is 64.5 Å². The zero-order valence-corrected chi connectivity index (χ0v) is 12.9. The van der Waals surface area contributed by atoms with Crippen LogP contribution in [-0.2, 0) is 6.61 Å². The molecule has 2 aromatic carbocycles. The second-order valence-electron chi connectivity index (χ2n) is 4.42. The van der Waals surface area contributed by atoms with E-state index in [9.17, 15) is 0 Å². The van der Waals surface area contributed by atoms with Gasteiger partial charge in [0, 0.05) is 10.0 Å². The predicted octanol–water partition coefficient (Wildman–Crippen LogP) is 3.95. The summed E-state index contributed by atoms with van der Waals surface area (Å²) in [5.74, 6) is 1.34. The maximum atomic E-state index is 9.01. The molecule has 0 saturated carbocycles. The minimum atomic E-state index is 0.111. The molecule has 0 unspecified atom stereocenters. The van der Waals surface area contributed by atoms with Crippen molar-refractivity contribution in [2.45, 2.75) is 6.61 Å². The maximum Gasteiger partial charge on any atom is 0.264 e. The van der Waals surface area contributed by atoms with E-state index in [1.54, 1.807) is 24.3 Å². The first kappa shape index (κ1) is 14.3. The van der Waals surface area contributed by atoms with Crippen LogP contribution in [0.1, 0.15) is 11.5 Å². The highest BCUT2D eigenvalue weighted by Crippen LogP contribution is 2.21. The van der Waals surface area contributed by atoms with Crippen LogP contribution in [0.2, 0.25) is 0 Å². The Kier molecular flexibility index (Phi) is 4.17. The van der Waals surface area contributed by atoms with Gasteiger partial charge in [-0.1, -0.05) is 45.4 Å². The van der Waals surface area contributed by atoms with Crippen LogP contribution in [-0.4, -0.2) is 10.1 Å². The van der Waals surface area contributed by atoms with E-state index in [4.69, 9.17) is 14.5 Å². The van der Waals surface area contributed by atoms with Crippen LogP contribution in [0.3, 0.4) is 0 Å². The van der Waals surface area contributed by atoms with Crippen LogP contribution in [0.4, 0.5) is 0 Å². The number of ether oxygens (including phenoxy) is 1. The van der Waals surface area contributed by atoms with Crippen LogP contribution in [0.5, 0.6) is 5.75 Å². The van der Waals surface area contributed by atoms with Gasteiger partial charge in [0.25, 0.3) is 5.89 Å². The first-order valence-electron chi connectivity index (χ1n) is 6.47. The van der Waals surface area contributed by atoms with Crippen LogP contribution in [0.15, 0.2) is 57.5 Å². The van der Waals surface area contributed by atoms with Crippen LogP contribution in [0.25, 0.3) is 11.4 Å². The molecular weight excluding hydrogens is 346 g/mol. The van der Waals surface area contributed by atoms with E-state index in [1.165, 1.54) is 0 Å². The molecular formula is C16H10BrN3O2. The van der Waals surface area contributed by atoms with E-state index < -0.39 is 0 Å². The van der Waals surface area contributed by atoms with Crippen LogP contribution < -0.4 is 4.74 Å². The van der Waals surface area contributed by atoms with Crippen LogP contribution in [0, 0.1) is 11.3 Å². The van der Waals surface area contributed by atoms with Gasteiger partial charge in [-0.3, -0.25) is 0 Å². The van der Waals surface area contributed by atoms with Gasteiger partial charge in [0.05, 0.1) is 5.56 Å². The molecule has 1 heterocycles. The molecule has 0 saturated heterocycles. The van der Waals surface area contributed by atoms with Gasteiger partial charge in [-0.25, -0.2) is 0 Å². The van der Waals surface area contributed by atoms with Crippen molar-refractivity contribution in [3.63, 3.8) is 0 Å². The summed E-state index contributed by atoms with van der Waals surface area (Å²) in [6.45, 7) is 0.111. The molecule has 3 aromatic rings. The Morgan fingerprint density at radius 2 is 2.05 bits per heavy atom. The number of hydrogen-bond acceptors (Lipinski definition) is 5. The molecule has 0 fully saturated rings. The lowest BCUT2D eigenvalue weighted by Crippen LogP contribution is -1.97. The van der Waals surface area contributed by atoms with Crippen LogP contribution >= 0.6 is 15.9 Å². The fraction of sp³-hybridized carbons (Fsp3) is 0.0625. The van der Waals surface area contributed by atoms with E-state index in [0.717, 1.165) is 10.0 Å². The molecule has 1 aromatic heterocycles. The highest BCUT2D eigenvalue weighted by atomic mass is 79.9. The zero-order valence-electron chi connectivity index (χ0n) is 11.4. The molecule has 0 radical (unpaired) electrons. The predicted molar refractivity (Wildman–Crippen MR) is 82.9 cm³/mol. The number of rotatable bonds is 4. The average molecular weight is 356 g/mol. The number of nitriles is 1. The molecule has 0 aliphatic rings. The fourth-order valence-corrected chi connectivity index (χ4v) is 2.28. The second kappa shape index (κ2) is 6.41. The second-order valence-corrected chi connectivity index (χ2v) is 5.33. The van der Waals surface area contributed by atoms with Crippen molar-refractivity contribution < 1.29 is 9.26 Å². The number of para-hydroxylation sites is 1. The lowest BCUT2D eigenvalue weighted by Gasteiger charge is -2.03. The fourth-order valence-electron chi connectivity index (χ4n) is 1.88. The van der Waals surface area contributed by atoms with Crippen molar-refractivity contribution in [1.82, 2.24) is 10.1 Å². The van der Waals surface area contributed by atoms with E-state index in [0.29, 0.717) is 23.0 Å². The maximum absolute atomic E-state index is 9.01. The molecule has 108 valence electrons. The topological polar surface area (TPSA) is 71.9 Å². The van der Waals surface area contributed by atoms with Gasteiger partial charge >= 0.3 is 0 Å². The van der Waals surface area contributed by atoms with E-state index in [1.807, 2.05) is 24.3 Å². The summed E-state index contributed by atoms with van der Waals surface area (Å²) in [7, 11) is 0. The largest absolute Gasteiger partial charge is 0.482 e. The Bertz CT molecular complexity index is 839. The Labute approximate surface area is 135 Å². The third-order valence-electron chi connectivity index (χ3n) is 2.91. The SMILES string of the molecule is N#Cc1ccccc1OCc1nc(-c2cccc(Br)c2)no1. The van der Waals surface area contributed by atoms with Gasteiger partial charge < -0.3 is 9.26 Å². The molecule has 0 atom stereocenters. The number of halogens is 1. The van der Waals surface area contributed by atoms with Gasteiger partial charge in [-0.05, 0) is 24.3 Å². The Hall–Kier alpha value is -2.65. The number of hydrogen-bond donors (Lipinski definition) is 0. The van der Waals surface area contributed by atoms with Gasteiger partial charge in [-0.15, -0.1) is 0 Å². The molecule has 0 bridgehead atoms. The number of aromatic nitrogens is 2. The monoisotopic (exact) mass is 355 g/mol. The molecule has 0 N–H and O–H groups in total. The smallest absolute Gasteiger partial charge is 0.264 e. The van der Waals surface area contributed by atoms with Gasteiger partial charge in [0.1, 0.15) is 11.8 Å². The van der Waals surface area contributed by atoms with E-state index >= 15 is 0 Å². The Morgan fingerprint density at radius 1 is 1.18 bits per heavy atom. The summed E-state index contributed by atoms with van der Waals surface area (Å²) in [4.78, 5) is 4.29. The lowest BCUT2D eigenvalue weighted by atomic mass is 10.2. The third-order valence-corrected chi connectivity index (χ3v) is 3.40. The minimum absolute atomic E-state index is 0.111. The van der Waals surface area contributed by atoms with Crippen molar-refractivity contribution in [2.24, 2.45) is 0 Å². The quantitative estimate of drug-likeness (QED) is 0.708. The highest BCUT2D eigenvalue weighted by molar-refractivity contribution is 9.10. The molecule has 0 amide bonds. The third kappa shape index (κ3) is 3.15. The summed E-state index contributed by atoms with van der Waals surface area (Å²) in [6, 6.07) is 16.7. The van der Waals surface area contributed by atoms with Crippen molar-refractivity contribution in [1.29, 1.82) is 5.26 Å². The first-order chi connectivity index (χ1) is 10.8. The van der Waals surface area contributed by atoms with Gasteiger partial charge in [0.15, 0.2) is 6.61 Å². The summed E-state index contributed by atoms with van der Waals surface area (Å²) >= 11 is 3.40. The zero-order chi connectivity index (χ0) is 15.4. The molecule has 0 aliphatic heterocycles. The Balaban J connectivity index is 1.74. The van der Waals surface area contributed by atoms with Gasteiger partial charge in [0.2, 0.25) is 5.82 Å². The lowest BCUT2D eigenvalue weighted by molar-refractivity contribution is 0.242. The summed E-state index contributed by atoms with van der Waals surface area (Å²) in [5, 5.41) is 12.9. The molecule has 6 heteroatoms. The summed E-state index contributed by atoms with van der Waals surface area (Å²) in [5.41, 5.74) is 1.32. The summed E-state index contributed by atoms with van der Waals surface area (Å²) < 4.78 is 11.7. The number of nitrogens with zero attached hydrogens (tertiary/aromatic N) is 3. The molecule has 0 aliphatic carbocycles. The minimum Gasteiger partial charge on any atom is -0.482 e. The van der Waals surface area contributed by atoms with Crippen molar-refractivity contribution in [2.75, 3.05) is 0 Å².